The van der Waals surface area contributed by atoms with E-state index in [9.17, 15) is 5.11 Å². The molecule has 3 heteroatoms. The molecule has 0 aliphatic heterocycles. The summed E-state index contributed by atoms with van der Waals surface area (Å²) in [6.07, 6.45) is 1.20. The molecule has 0 amide bonds. The van der Waals surface area contributed by atoms with Crippen LogP contribution >= 0.6 is 0 Å². The molecule has 0 bridgehead atoms. The molecule has 1 aromatic carbocycles. The average Bonchev–Trinajstić information content (AvgIpc) is 2.34. The number of rotatable bonds is 3. The van der Waals surface area contributed by atoms with Gasteiger partial charge in [-0.05, 0) is 17.5 Å². The van der Waals surface area contributed by atoms with Gasteiger partial charge in [0.1, 0.15) is 12.4 Å². The fraction of sp³-hybridized carbons (Fsp3) is 0.400. The smallest absolute Gasteiger partial charge is 0.138 e. The molecule has 0 spiro atoms. The standard InChI is InChI=1S/C15H19NO2/c1-15(2,3)14(17)10-18-12-8-11-6-4-5-7-13(11)16-9-12/h4-9,14,17H,10H2,1-3H3. The summed E-state index contributed by atoms with van der Waals surface area (Å²) in [4.78, 5) is 4.31. The van der Waals surface area contributed by atoms with E-state index in [1.165, 1.54) is 0 Å². The van der Waals surface area contributed by atoms with Gasteiger partial charge in [-0.15, -0.1) is 0 Å². The molecule has 0 aliphatic rings. The third-order valence-electron chi connectivity index (χ3n) is 2.97. The van der Waals surface area contributed by atoms with Crippen molar-refractivity contribution in [2.75, 3.05) is 6.61 Å². The number of aliphatic hydroxyl groups is 1. The zero-order valence-electron chi connectivity index (χ0n) is 11.1. The van der Waals surface area contributed by atoms with Gasteiger partial charge in [0.25, 0.3) is 0 Å². The van der Waals surface area contributed by atoms with E-state index in [1.807, 2.05) is 51.1 Å². The normalized spacial score (nSPS) is 13.6. The first kappa shape index (κ1) is 12.8. The number of benzene rings is 1. The quantitative estimate of drug-likeness (QED) is 0.903. The van der Waals surface area contributed by atoms with Crippen LogP contribution in [0.5, 0.6) is 5.75 Å². The second-order valence-corrected chi connectivity index (χ2v) is 5.56. The molecule has 0 saturated carbocycles. The Kier molecular flexibility index (Phi) is 3.53. The summed E-state index contributed by atoms with van der Waals surface area (Å²) in [6.45, 7) is 6.24. The molecule has 1 N–H and O–H groups in total. The average molecular weight is 245 g/mol. The van der Waals surface area contributed by atoms with Crippen molar-refractivity contribution in [1.82, 2.24) is 4.98 Å². The number of hydrogen-bond donors (Lipinski definition) is 1. The predicted octanol–water partition coefficient (Wildman–Crippen LogP) is 3.02. The summed E-state index contributed by atoms with van der Waals surface area (Å²) in [5.74, 6) is 0.692. The molecule has 0 radical (unpaired) electrons. The van der Waals surface area contributed by atoms with Gasteiger partial charge in [-0.3, -0.25) is 4.98 Å². The third-order valence-corrected chi connectivity index (χ3v) is 2.97. The number of nitrogens with zero attached hydrogens (tertiary/aromatic N) is 1. The van der Waals surface area contributed by atoms with Crippen LogP contribution in [-0.4, -0.2) is 22.8 Å². The molecule has 1 atom stereocenters. The SMILES string of the molecule is CC(C)(C)C(O)COc1cnc2ccccc2c1. The van der Waals surface area contributed by atoms with E-state index in [-0.39, 0.29) is 12.0 Å². The molecule has 0 aliphatic carbocycles. The van der Waals surface area contributed by atoms with Crippen LogP contribution in [0.2, 0.25) is 0 Å². The van der Waals surface area contributed by atoms with Gasteiger partial charge in [0.05, 0.1) is 17.8 Å². The van der Waals surface area contributed by atoms with Crippen molar-refractivity contribution in [3.63, 3.8) is 0 Å². The molecular weight excluding hydrogens is 226 g/mol. The van der Waals surface area contributed by atoms with Crippen LogP contribution in [0, 0.1) is 5.41 Å². The number of hydrogen-bond acceptors (Lipinski definition) is 3. The lowest BCUT2D eigenvalue weighted by molar-refractivity contribution is 0.0218. The summed E-state index contributed by atoms with van der Waals surface area (Å²) in [7, 11) is 0. The molecule has 2 rings (SSSR count). The minimum atomic E-state index is -0.496. The maximum atomic E-state index is 9.91. The fourth-order valence-corrected chi connectivity index (χ4v) is 1.55. The zero-order chi connectivity index (χ0) is 13.2. The number of para-hydroxylation sites is 1. The van der Waals surface area contributed by atoms with Gasteiger partial charge in [0.2, 0.25) is 0 Å². The molecule has 1 unspecified atom stereocenters. The van der Waals surface area contributed by atoms with Gasteiger partial charge in [-0.25, -0.2) is 0 Å². The molecule has 0 fully saturated rings. The first-order valence-corrected chi connectivity index (χ1v) is 6.12. The third kappa shape index (κ3) is 2.99. The topological polar surface area (TPSA) is 42.4 Å². The summed E-state index contributed by atoms with van der Waals surface area (Å²) < 4.78 is 5.59. The van der Waals surface area contributed by atoms with E-state index in [2.05, 4.69) is 4.98 Å². The van der Waals surface area contributed by atoms with E-state index < -0.39 is 6.10 Å². The van der Waals surface area contributed by atoms with Crippen molar-refractivity contribution >= 4 is 10.9 Å². The Morgan fingerprint density at radius 1 is 1.28 bits per heavy atom. The number of ether oxygens (including phenoxy) is 1. The van der Waals surface area contributed by atoms with Crippen molar-refractivity contribution in [1.29, 1.82) is 0 Å². The molecule has 18 heavy (non-hydrogen) atoms. The summed E-state index contributed by atoms with van der Waals surface area (Å²) in [5, 5.41) is 11.0. The number of fused-ring (bicyclic) bond motifs is 1. The Bertz CT molecular complexity index is 531. The van der Waals surface area contributed by atoms with E-state index in [0.717, 1.165) is 10.9 Å². The van der Waals surface area contributed by atoms with Crippen LogP contribution in [0.3, 0.4) is 0 Å². The van der Waals surface area contributed by atoms with Crippen LogP contribution < -0.4 is 4.74 Å². The fourth-order valence-electron chi connectivity index (χ4n) is 1.55. The summed E-state index contributed by atoms with van der Waals surface area (Å²) >= 11 is 0. The van der Waals surface area contributed by atoms with Crippen molar-refractivity contribution in [2.45, 2.75) is 26.9 Å². The Balaban J connectivity index is 2.08. The van der Waals surface area contributed by atoms with Gasteiger partial charge < -0.3 is 9.84 Å². The lowest BCUT2D eigenvalue weighted by Crippen LogP contribution is -2.31. The van der Waals surface area contributed by atoms with Crippen LogP contribution in [0.25, 0.3) is 10.9 Å². The van der Waals surface area contributed by atoms with Crippen LogP contribution in [-0.2, 0) is 0 Å². The maximum Gasteiger partial charge on any atom is 0.138 e. The number of aromatic nitrogens is 1. The Morgan fingerprint density at radius 2 is 2.00 bits per heavy atom. The monoisotopic (exact) mass is 245 g/mol. The largest absolute Gasteiger partial charge is 0.489 e. The van der Waals surface area contributed by atoms with Crippen LogP contribution in [0.15, 0.2) is 36.5 Å². The van der Waals surface area contributed by atoms with Crippen molar-refractivity contribution in [2.24, 2.45) is 5.41 Å². The van der Waals surface area contributed by atoms with E-state index in [4.69, 9.17) is 4.74 Å². The lowest BCUT2D eigenvalue weighted by atomic mass is 9.90. The molecule has 1 aromatic heterocycles. The highest BCUT2D eigenvalue weighted by Gasteiger charge is 2.22. The van der Waals surface area contributed by atoms with Crippen molar-refractivity contribution < 1.29 is 9.84 Å². The van der Waals surface area contributed by atoms with Gasteiger partial charge in [0, 0.05) is 5.39 Å². The Morgan fingerprint density at radius 3 is 2.72 bits per heavy atom. The van der Waals surface area contributed by atoms with Crippen molar-refractivity contribution in [3.05, 3.63) is 36.5 Å². The van der Waals surface area contributed by atoms with E-state index in [0.29, 0.717) is 5.75 Å². The number of pyridine rings is 1. The highest BCUT2D eigenvalue weighted by atomic mass is 16.5. The second-order valence-electron chi connectivity index (χ2n) is 5.56. The molecular formula is C15H19NO2. The molecule has 1 heterocycles. The lowest BCUT2D eigenvalue weighted by Gasteiger charge is -2.25. The summed E-state index contributed by atoms with van der Waals surface area (Å²) in [6, 6.07) is 9.83. The minimum Gasteiger partial charge on any atom is -0.489 e. The van der Waals surface area contributed by atoms with Gasteiger partial charge >= 0.3 is 0 Å². The first-order valence-electron chi connectivity index (χ1n) is 6.12. The van der Waals surface area contributed by atoms with Gasteiger partial charge in [0.15, 0.2) is 0 Å². The Labute approximate surface area is 107 Å². The minimum absolute atomic E-state index is 0.176. The van der Waals surface area contributed by atoms with Gasteiger partial charge in [-0.1, -0.05) is 39.0 Å². The van der Waals surface area contributed by atoms with Crippen LogP contribution in [0.4, 0.5) is 0 Å². The van der Waals surface area contributed by atoms with E-state index >= 15 is 0 Å². The predicted molar refractivity (Wildman–Crippen MR) is 72.7 cm³/mol. The molecule has 0 saturated heterocycles. The van der Waals surface area contributed by atoms with Crippen molar-refractivity contribution in [3.8, 4) is 5.75 Å². The highest BCUT2D eigenvalue weighted by Crippen LogP contribution is 2.22. The molecule has 2 aromatic rings. The second kappa shape index (κ2) is 4.94. The maximum absolute atomic E-state index is 9.91. The van der Waals surface area contributed by atoms with Crippen LogP contribution in [0.1, 0.15) is 20.8 Å². The summed E-state index contributed by atoms with van der Waals surface area (Å²) in [5.41, 5.74) is 0.769. The van der Waals surface area contributed by atoms with Gasteiger partial charge in [-0.2, -0.15) is 0 Å². The zero-order valence-corrected chi connectivity index (χ0v) is 11.1. The molecule has 3 nitrogen and oxygen atoms in total. The highest BCUT2D eigenvalue weighted by molar-refractivity contribution is 5.79. The number of aliphatic hydroxyl groups excluding tert-OH is 1. The van der Waals surface area contributed by atoms with E-state index in [1.54, 1.807) is 6.20 Å². The first-order chi connectivity index (χ1) is 8.47. The Hall–Kier alpha value is -1.61. The molecule has 96 valence electrons.